The number of rotatable bonds is 8. The van der Waals surface area contributed by atoms with Gasteiger partial charge in [-0.1, -0.05) is 41.4 Å². The van der Waals surface area contributed by atoms with Crippen molar-refractivity contribution in [2.24, 2.45) is 0 Å². The molecule has 1 N–H and O–H groups in total. The highest BCUT2D eigenvalue weighted by molar-refractivity contribution is 7.90. The van der Waals surface area contributed by atoms with Gasteiger partial charge >= 0.3 is 5.97 Å². The SMILES string of the molecule is CS(=O)(=O)c1cccc(Oc2ccc(-c3nc(-c4ccc(Cl)cc4Cl)cn3Cc3ccc(C(=O)O)cc3)cc2)c1. The number of imidazole rings is 1. The lowest BCUT2D eigenvalue weighted by Crippen LogP contribution is -2.02. The Morgan fingerprint density at radius 1 is 0.925 bits per heavy atom. The second kappa shape index (κ2) is 11.2. The summed E-state index contributed by atoms with van der Waals surface area (Å²) in [5.41, 5.74) is 3.27. The van der Waals surface area contributed by atoms with E-state index < -0.39 is 15.8 Å². The number of nitrogens with zero attached hydrogens (tertiary/aromatic N) is 2. The van der Waals surface area contributed by atoms with E-state index in [1.807, 2.05) is 29.0 Å². The number of carbonyl (C=O) groups is 1. The minimum atomic E-state index is -3.36. The first-order chi connectivity index (χ1) is 19.1. The molecular formula is C30H22Cl2N2O5S. The minimum absolute atomic E-state index is 0.174. The van der Waals surface area contributed by atoms with Crippen LogP contribution in [0.25, 0.3) is 22.6 Å². The molecule has 0 aliphatic rings. The Labute approximate surface area is 241 Å². The Morgan fingerprint density at radius 3 is 2.30 bits per heavy atom. The van der Waals surface area contributed by atoms with Crippen LogP contribution in [0.15, 0.2) is 102 Å². The van der Waals surface area contributed by atoms with E-state index in [1.165, 1.54) is 12.1 Å². The molecule has 0 radical (unpaired) electrons. The Bertz CT molecular complexity index is 1820. The summed E-state index contributed by atoms with van der Waals surface area (Å²) in [5, 5.41) is 10.2. The summed E-state index contributed by atoms with van der Waals surface area (Å²) < 4.78 is 31.6. The van der Waals surface area contributed by atoms with E-state index in [0.717, 1.165) is 22.9 Å². The summed E-state index contributed by atoms with van der Waals surface area (Å²) in [4.78, 5) is 16.3. The smallest absolute Gasteiger partial charge is 0.335 e. The second-order valence-electron chi connectivity index (χ2n) is 9.08. The molecule has 40 heavy (non-hydrogen) atoms. The number of hydrogen-bond acceptors (Lipinski definition) is 5. The van der Waals surface area contributed by atoms with Crippen LogP contribution < -0.4 is 4.74 Å². The summed E-state index contributed by atoms with van der Waals surface area (Å²) in [5.74, 6) is 0.605. The van der Waals surface area contributed by atoms with Crippen molar-refractivity contribution in [3.05, 3.63) is 118 Å². The van der Waals surface area contributed by atoms with Crippen molar-refractivity contribution >= 4 is 39.0 Å². The van der Waals surface area contributed by atoms with Crippen LogP contribution in [0.4, 0.5) is 0 Å². The van der Waals surface area contributed by atoms with Gasteiger partial charge in [0.25, 0.3) is 0 Å². The van der Waals surface area contributed by atoms with Crippen LogP contribution in [0.2, 0.25) is 10.0 Å². The van der Waals surface area contributed by atoms with E-state index in [1.54, 1.807) is 60.7 Å². The van der Waals surface area contributed by atoms with E-state index in [9.17, 15) is 18.3 Å². The highest BCUT2D eigenvalue weighted by Gasteiger charge is 2.16. The third-order valence-electron chi connectivity index (χ3n) is 6.12. The molecule has 5 rings (SSSR count). The van der Waals surface area contributed by atoms with Crippen LogP contribution >= 0.6 is 23.2 Å². The van der Waals surface area contributed by atoms with Gasteiger partial charge in [-0.25, -0.2) is 18.2 Å². The first kappa shape index (κ1) is 27.5. The van der Waals surface area contributed by atoms with Crippen LogP contribution in [0, 0.1) is 0 Å². The third kappa shape index (κ3) is 6.20. The number of aromatic carboxylic acids is 1. The molecule has 0 fully saturated rings. The summed E-state index contributed by atoms with van der Waals surface area (Å²) in [6.07, 6.45) is 3.03. The first-order valence-corrected chi connectivity index (χ1v) is 14.6. The lowest BCUT2D eigenvalue weighted by Gasteiger charge is -2.10. The molecule has 0 atom stereocenters. The molecule has 0 spiro atoms. The zero-order valence-corrected chi connectivity index (χ0v) is 23.4. The number of hydrogen-bond donors (Lipinski definition) is 1. The fourth-order valence-corrected chi connectivity index (χ4v) is 5.28. The molecule has 1 aromatic heterocycles. The summed E-state index contributed by atoms with van der Waals surface area (Å²) in [6.45, 7) is 0.435. The average molecular weight is 593 g/mol. The van der Waals surface area contributed by atoms with Crippen molar-refractivity contribution in [2.45, 2.75) is 11.4 Å². The van der Waals surface area contributed by atoms with E-state index in [-0.39, 0.29) is 10.5 Å². The van der Waals surface area contributed by atoms with Crippen molar-refractivity contribution in [1.82, 2.24) is 9.55 Å². The largest absolute Gasteiger partial charge is 0.478 e. The molecule has 0 aliphatic carbocycles. The van der Waals surface area contributed by atoms with E-state index in [4.69, 9.17) is 32.9 Å². The molecule has 0 amide bonds. The van der Waals surface area contributed by atoms with Gasteiger partial charge in [0.05, 0.1) is 21.2 Å². The van der Waals surface area contributed by atoms with Gasteiger partial charge in [0.1, 0.15) is 17.3 Å². The highest BCUT2D eigenvalue weighted by Crippen LogP contribution is 2.33. The van der Waals surface area contributed by atoms with Crippen molar-refractivity contribution in [1.29, 1.82) is 0 Å². The third-order valence-corrected chi connectivity index (χ3v) is 7.78. The molecule has 0 saturated heterocycles. The second-order valence-corrected chi connectivity index (χ2v) is 11.9. The van der Waals surface area contributed by atoms with Crippen molar-refractivity contribution in [3.8, 4) is 34.1 Å². The maximum atomic E-state index is 11.9. The quantitative estimate of drug-likeness (QED) is 0.201. The molecule has 0 aliphatic heterocycles. The lowest BCUT2D eigenvalue weighted by atomic mass is 10.1. The molecular weight excluding hydrogens is 571 g/mol. The van der Waals surface area contributed by atoms with Gasteiger partial charge in [-0.05, 0) is 78.4 Å². The van der Waals surface area contributed by atoms with Crippen molar-refractivity contribution in [3.63, 3.8) is 0 Å². The predicted molar refractivity (Wildman–Crippen MR) is 155 cm³/mol. The molecule has 7 nitrogen and oxygen atoms in total. The lowest BCUT2D eigenvalue weighted by molar-refractivity contribution is 0.0697. The first-order valence-electron chi connectivity index (χ1n) is 12.0. The zero-order valence-electron chi connectivity index (χ0n) is 21.1. The molecule has 5 aromatic rings. The number of carboxylic acids is 1. The van der Waals surface area contributed by atoms with Gasteiger partial charge < -0.3 is 14.4 Å². The number of aromatic nitrogens is 2. The molecule has 1 heterocycles. The maximum absolute atomic E-state index is 11.9. The monoisotopic (exact) mass is 592 g/mol. The topological polar surface area (TPSA) is 98.5 Å². The average Bonchev–Trinajstić information content (AvgIpc) is 3.32. The Balaban J connectivity index is 1.48. The summed E-state index contributed by atoms with van der Waals surface area (Å²) in [6, 6.07) is 25.5. The van der Waals surface area contributed by atoms with Crippen LogP contribution in [0.3, 0.4) is 0 Å². The van der Waals surface area contributed by atoms with Gasteiger partial charge in [-0.2, -0.15) is 0 Å². The summed E-state index contributed by atoms with van der Waals surface area (Å²) in [7, 11) is -3.36. The van der Waals surface area contributed by atoms with Gasteiger partial charge in [0.2, 0.25) is 0 Å². The maximum Gasteiger partial charge on any atom is 0.335 e. The molecule has 0 unspecified atom stereocenters. The van der Waals surface area contributed by atoms with E-state index in [2.05, 4.69) is 0 Å². The molecule has 4 aromatic carbocycles. The fraction of sp³-hybridized carbons (Fsp3) is 0.0667. The molecule has 202 valence electrons. The van der Waals surface area contributed by atoms with Gasteiger partial charge in [-0.3, -0.25) is 0 Å². The molecule has 10 heteroatoms. The number of halogens is 2. The Morgan fingerprint density at radius 2 is 1.65 bits per heavy atom. The zero-order chi connectivity index (χ0) is 28.4. The number of sulfone groups is 1. The van der Waals surface area contributed by atoms with Crippen molar-refractivity contribution in [2.75, 3.05) is 6.26 Å². The minimum Gasteiger partial charge on any atom is -0.478 e. The van der Waals surface area contributed by atoms with Crippen molar-refractivity contribution < 1.29 is 23.1 Å². The van der Waals surface area contributed by atoms with Crippen LogP contribution in [0.1, 0.15) is 15.9 Å². The number of carboxylic acid groups (broad SMARTS) is 1. The van der Waals surface area contributed by atoms with Gasteiger partial charge in [0, 0.05) is 35.1 Å². The number of benzene rings is 4. The highest BCUT2D eigenvalue weighted by atomic mass is 35.5. The Hall–Kier alpha value is -4.11. The molecule has 0 saturated carbocycles. The Kier molecular flexibility index (Phi) is 7.67. The van der Waals surface area contributed by atoms with Crippen LogP contribution in [0.5, 0.6) is 11.5 Å². The van der Waals surface area contributed by atoms with E-state index in [0.29, 0.717) is 39.6 Å². The summed E-state index contributed by atoms with van der Waals surface area (Å²) >= 11 is 12.6. The number of ether oxygens (including phenoxy) is 1. The standard InChI is InChI=1S/C30H22Cl2N2O5S/c1-40(37,38)25-4-2-3-24(16-25)39-23-12-9-20(10-13-23)29-33-28(26-14-11-22(31)15-27(26)32)18-34(29)17-19-5-7-21(8-6-19)30(35)36/h2-16,18H,17H2,1H3,(H,35,36). The van der Waals surface area contributed by atoms with Crippen LogP contribution in [-0.2, 0) is 16.4 Å². The van der Waals surface area contributed by atoms with Gasteiger partial charge in [0.15, 0.2) is 9.84 Å². The van der Waals surface area contributed by atoms with E-state index >= 15 is 0 Å². The normalized spacial score (nSPS) is 11.4. The molecule has 0 bridgehead atoms. The predicted octanol–water partition coefficient (Wildman–Crippen LogP) is 7.47. The van der Waals surface area contributed by atoms with Crippen LogP contribution in [-0.4, -0.2) is 35.3 Å². The van der Waals surface area contributed by atoms with Gasteiger partial charge in [-0.15, -0.1) is 0 Å². The fourth-order valence-electron chi connectivity index (χ4n) is 4.12.